The van der Waals surface area contributed by atoms with Crippen molar-refractivity contribution in [3.05, 3.63) is 34.3 Å². The molecular weight excluding hydrogens is 382 g/mol. The molecule has 0 radical (unpaired) electrons. The van der Waals surface area contributed by atoms with Gasteiger partial charge in [0.1, 0.15) is 5.60 Å². The number of nitrogens with one attached hydrogen (secondary N) is 1. The highest BCUT2D eigenvalue weighted by molar-refractivity contribution is 6.31. The highest BCUT2D eigenvalue weighted by Crippen LogP contribution is 2.29. The van der Waals surface area contributed by atoms with E-state index in [4.69, 9.17) is 25.8 Å². The van der Waals surface area contributed by atoms with Crippen LogP contribution in [0.2, 0.25) is 5.02 Å². The van der Waals surface area contributed by atoms with Gasteiger partial charge in [0.25, 0.3) is 0 Å². The second-order valence-corrected chi connectivity index (χ2v) is 9.23. The van der Waals surface area contributed by atoms with Crippen molar-refractivity contribution in [3.63, 3.8) is 0 Å². The Balaban J connectivity index is 2.02. The lowest BCUT2D eigenvalue weighted by molar-refractivity contribution is -0.271. The Hall–Kier alpha value is -1.34. The first-order valence-corrected chi connectivity index (χ1v) is 9.99. The van der Waals surface area contributed by atoms with Gasteiger partial charge in [-0.1, -0.05) is 23.7 Å². The average molecular weight is 414 g/mol. The van der Waals surface area contributed by atoms with Crippen LogP contribution in [0.4, 0.5) is 4.79 Å². The van der Waals surface area contributed by atoms with Crippen LogP contribution < -0.4 is 5.32 Å². The standard InChI is InChI=1S/C21H32ClNO5/c1-19(2,3)28-18(25)23-21(13-26-20(4,5)27-14-21)10-6-7-16-9-8-15(12-24)11-17(16)22/h8-9,11,24H,6-7,10,12-14H2,1-5H3,(H,23,25). The van der Waals surface area contributed by atoms with Crippen LogP contribution in [0.15, 0.2) is 18.2 Å². The molecule has 0 aliphatic carbocycles. The molecule has 1 aliphatic heterocycles. The fourth-order valence-corrected chi connectivity index (χ4v) is 3.31. The van der Waals surface area contributed by atoms with Gasteiger partial charge in [0.15, 0.2) is 5.79 Å². The predicted octanol–water partition coefficient (Wildman–Crippen LogP) is 4.20. The largest absolute Gasteiger partial charge is 0.444 e. The Kier molecular flexibility index (Phi) is 7.37. The smallest absolute Gasteiger partial charge is 0.408 e. The number of aliphatic hydroxyl groups is 1. The monoisotopic (exact) mass is 413 g/mol. The second-order valence-electron chi connectivity index (χ2n) is 8.82. The molecule has 158 valence electrons. The van der Waals surface area contributed by atoms with Gasteiger partial charge in [0.05, 0.1) is 25.4 Å². The molecule has 0 spiro atoms. The molecule has 0 saturated carbocycles. The van der Waals surface area contributed by atoms with E-state index in [9.17, 15) is 9.90 Å². The molecule has 1 fully saturated rings. The van der Waals surface area contributed by atoms with E-state index in [-0.39, 0.29) is 6.61 Å². The summed E-state index contributed by atoms with van der Waals surface area (Å²) in [4.78, 5) is 12.4. The fourth-order valence-electron chi connectivity index (χ4n) is 3.02. The molecule has 0 unspecified atom stereocenters. The second kappa shape index (κ2) is 8.99. The van der Waals surface area contributed by atoms with Crippen LogP contribution in [0.3, 0.4) is 0 Å². The number of hydrogen-bond donors (Lipinski definition) is 2. The zero-order valence-corrected chi connectivity index (χ0v) is 18.2. The summed E-state index contributed by atoms with van der Waals surface area (Å²) in [6, 6.07) is 5.57. The van der Waals surface area contributed by atoms with E-state index in [2.05, 4.69) is 5.32 Å². The molecule has 1 aliphatic rings. The summed E-state index contributed by atoms with van der Waals surface area (Å²) >= 11 is 6.31. The van der Waals surface area contributed by atoms with Crippen LogP contribution in [0.5, 0.6) is 0 Å². The first kappa shape index (κ1) is 22.9. The summed E-state index contributed by atoms with van der Waals surface area (Å²) in [7, 11) is 0. The molecule has 1 saturated heterocycles. The maximum absolute atomic E-state index is 12.4. The number of halogens is 1. The average Bonchev–Trinajstić information content (AvgIpc) is 2.57. The van der Waals surface area contributed by atoms with Crippen LogP contribution in [0.25, 0.3) is 0 Å². The summed E-state index contributed by atoms with van der Waals surface area (Å²) in [6.45, 7) is 9.84. The molecule has 0 bridgehead atoms. The van der Waals surface area contributed by atoms with Crippen molar-refractivity contribution < 1.29 is 24.1 Å². The number of alkyl carbamates (subject to hydrolysis) is 1. The normalized spacial score (nSPS) is 18.5. The first-order chi connectivity index (χ1) is 12.9. The number of hydrogen-bond acceptors (Lipinski definition) is 5. The summed E-state index contributed by atoms with van der Waals surface area (Å²) in [5.41, 5.74) is 0.551. The summed E-state index contributed by atoms with van der Waals surface area (Å²) in [5.74, 6) is -0.678. The van der Waals surface area contributed by atoms with Gasteiger partial charge in [-0.3, -0.25) is 0 Å². The molecule has 1 aromatic carbocycles. The van der Waals surface area contributed by atoms with Gasteiger partial charge >= 0.3 is 6.09 Å². The van der Waals surface area contributed by atoms with Gasteiger partial charge in [-0.2, -0.15) is 0 Å². The first-order valence-electron chi connectivity index (χ1n) is 9.61. The highest BCUT2D eigenvalue weighted by atomic mass is 35.5. The van der Waals surface area contributed by atoms with Gasteiger partial charge in [0.2, 0.25) is 0 Å². The molecular formula is C21H32ClNO5. The molecule has 28 heavy (non-hydrogen) atoms. The van der Waals surface area contributed by atoms with Gasteiger partial charge < -0.3 is 24.6 Å². The van der Waals surface area contributed by atoms with E-state index in [0.717, 1.165) is 24.0 Å². The lowest BCUT2D eigenvalue weighted by Gasteiger charge is -2.44. The van der Waals surface area contributed by atoms with Gasteiger partial charge in [0, 0.05) is 5.02 Å². The minimum Gasteiger partial charge on any atom is -0.444 e. The molecule has 1 heterocycles. The summed E-state index contributed by atoms with van der Waals surface area (Å²) < 4.78 is 17.1. The SMILES string of the molecule is CC(C)(C)OC(=O)NC1(CCCc2ccc(CO)cc2Cl)COC(C)(C)OC1. The lowest BCUT2D eigenvalue weighted by Crippen LogP contribution is -2.61. The van der Waals surface area contributed by atoms with Crippen molar-refractivity contribution in [3.8, 4) is 0 Å². The molecule has 0 atom stereocenters. The number of aliphatic hydroxyl groups excluding tert-OH is 1. The lowest BCUT2D eigenvalue weighted by atomic mass is 9.91. The van der Waals surface area contributed by atoms with Crippen molar-refractivity contribution in [2.75, 3.05) is 13.2 Å². The molecule has 2 rings (SSSR count). The van der Waals surface area contributed by atoms with Crippen LogP contribution >= 0.6 is 11.6 Å². The Morgan fingerprint density at radius 3 is 2.46 bits per heavy atom. The number of carbonyl (C=O) groups excluding carboxylic acids is 1. The number of amides is 1. The zero-order chi connectivity index (χ0) is 21.0. The van der Waals surface area contributed by atoms with E-state index in [0.29, 0.717) is 24.7 Å². The topological polar surface area (TPSA) is 77.0 Å². The highest BCUT2D eigenvalue weighted by Gasteiger charge is 2.41. The minimum absolute atomic E-state index is 0.0343. The molecule has 6 nitrogen and oxygen atoms in total. The molecule has 1 aromatic rings. The third-order valence-corrected chi connectivity index (χ3v) is 4.91. The molecule has 1 amide bonds. The van der Waals surface area contributed by atoms with E-state index in [1.54, 1.807) is 6.07 Å². The quantitative estimate of drug-likeness (QED) is 0.730. The zero-order valence-electron chi connectivity index (χ0n) is 17.4. The van der Waals surface area contributed by atoms with E-state index in [1.807, 2.05) is 46.8 Å². The summed E-state index contributed by atoms with van der Waals surface area (Å²) in [5, 5.41) is 12.8. The number of rotatable bonds is 6. The van der Waals surface area contributed by atoms with Crippen LogP contribution in [-0.2, 0) is 27.2 Å². The Morgan fingerprint density at radius 2 is 1.93 bits per heavy atom. The third kappa shape index (κ3) is 6.92. The van der Waals surface area contributed by atoms with Gasteiger partial charge in [-0.25, -0.2) is 4.79 Å². The number of aryl methyl sites for hydroxylation is 1. The van der Waals surface area contributed by atoms with Crippen molar-refractivity contribution in [2.24, 2.45) is 0 Å². The van der Waals surface area contributed by atoms with Crippen molar-refractivity contribution in [1.82, 2.24) is 5.32 Å². The summed E-state index contributed by atoms with van der Waals surface area (Å²) in [6.07, 6.45) is 1.69. The predicted molar refractivity (Wildman–Crippen MR) is 108 cm³/mol. The Morgan fingerprint density at radius 1 is 1.29 bits per heavy atom. The molecule has 2 N–H and O–H groups in total. The Bertz CT molecular complexity index is 674. The maximum Gasteiger partial charge on any atom is 0.408 e. The van der Waals surface area contributed by atoms with Gasteiger partial charge in [-0.15, -0.1) is 0 Å². The molecule has 0 aromatic heterocycles. The third-order valence-electron chi connectivity index (χ3n) is 4.56. The van der Waals surface area contributed by atoms with Crippen LogP contribution in [0.1, 0.15) is 58.6 Å². The van der Waals surface area contributed by atoms with Crippen molar-refractivity contribution in [1.29, 1.82) is 0 Å². The van der Waals surface area contributed by atoms with Crippen molar-refractivity contribution >= 4 is 17.7 Å². The number of benzene rings is 1. The number of carbonyl (C=O) groups is 1. The van der Waals surface area contributed by atoms with Gasteiger partial charge in [-0.05, 0) is 71.1 Å². The fraction of sp³-hybridized carbons (Fsp3) is 0.667. The van der Waals surface area contributed by atoms with E-state index in [1.165, 1.54) is 0 Å². The minimum atomic E-state index is -0.678. The van der Waals surface area contributed by atoms with Crippen LogP contribution in [-0.4, -0.2) is 41.3 Å². The Labute approximate surface area is 172 Å². The van der Waals surface area contributed by atoms with E-state index < -0.39 is 23.0 Å². The maximum atomic E-state index is 12.4. The van der Waals surface area contributed by atoms with Crippen LogP contribution in [0, 0.1) is 0 Å². The molecule has 7 heteroatoms. The van der Waals surface area contributed by atoms with Crippen molar-refractivity contribution in [2.45, 2.75) is 77.4 Å². The number of ether oxygens (including phenoxy) is 3. The van der Waals surface area contributed by atoms with E-state index >= 15 is 0 Å².